The summed E-state index contributed by atoms with van der Waals surface area (Å²) in [6, 6.07) is 17.5. The molecular formula is C24H23ClN2O5S. The van der Waals surface area contributed by atoms with Crippen molar-refractivity contribution in [3.05, 3.63) is 88.4 Å². The third-order valence-electron chi connectivity index (χ3n) is 5.02. The van der Waals surface area contributed by atoms with Gasteiger partial charge < -0.3 is 10.1 Å². The molecule has 172 valence electrons. The molecule has 9 heteroatoms. The summed E-state index contributed by atoms with van der Waals surface area (Å²) < 4.78 is 31.8. The first kappa shape index (κ1) is 24.3. The highest BCUT2D eigenvalue weighted by Gasteiger charge is 2.21. The predicted molar refractivity (Wildman–Crippen MR) is 128 cm³/mol. The summed E-state index contributed by atoms with van der Waals surface area (Å²) >= 11 is 6.03. The number of carbonyl (C=O) groups is 2. The Balaban J connectivity index is 1.62. The van der Waals surface area contributed by atoms with Gasteiger partial charge in [-0.05, 0) is 67.9 Å². The Morgan fingerprint density at radius 1 is 0.970 bits per heavy atom. The number of esters is 1. The molecule has 0 unspecified atom stereocenters. The number of sulfonamides is 1. The average Bonchev–Trinajstić information content (AvgIpc) is 2.80. The van der Waals surface area contributed by atoms with Crippen LogP contribution in [0.25, 0.3) is 0 Å². The van der Waals surface area contributed by atoms with Gasteiger partial charge in [-0.15, -0.1) is 0 Å². The van der Waals surface area contributed by atoms with Crippen LogP contribution >= 0.6 is 11.6 Å². The molecule has 0 saturated heterocycles. The van der Waals surface area contributed by atoms with E-state index in [1.807, 2.05) is 6.92 Å². The molecule has 0 aliphatic heterocycles. The minimum Gasteiger partial charge on any atom is -0.452 e. The molecule has 3 rings (SSSR count). The molecule has 0 fully saturated rings. The van der Waals surface area contributed by atoms with Crippen molar-refractivity contribution in [3.63, 3.8) is 0 Å². The number of halogens is 1. The quantitative estimate of drug-likeness (QED) is 0.493. The zero-order chi connectivity index (χ0) is 24.2. The van der Waals surface area contributed by atoms with Crippen LogP contribution in [0, 0.1) is 13.8 Å². The number of amides is 1. The summed E-state index contributed by atoms with van der Waals surface area (Å²) in [6.45, 7) is 3.16. The second kappa shape index (κ2) is 10.1. The molecule has 0 atom stereocenters. The number of hydrogen-bond acceptors (Lipinski definition) is 5. The molecule has 3 aromatic rings. The zero-order valence-corrected chi connectivity index (χ0v) is 19.9. The number of nitrogens with zero attached hydrogens (tertiary/aromatic N) is 1. The van der Waals surface area contributed by atoms with E-state index >= 15 is 0 Å². The topological polar surface area (TPSA) is 92.8 Å². The summed E-state index contributed by atoms with van der Waals surface area (Å²) in [5.41, 5.74) is 2.76. The molecule has 0 spiro atoms. The first-order chi connectivity index (χ1) is 15.6. The van der Waals surface area contributed by atoms with E-state index in [9.17, 15) is 18.0 Å². The second-order valence-electron chi connectivity index (χ2n) is 7.37. The van der Waals surface area contributed by atoms with Gasteiger partial charge in [-0.2, -0.15) is 0 Å². The summed E-state index contributed by atoms with van der Waals surface area (Å²) in [6.07, 6.45) is 0. The summed E-state index contributed by atoms with van der Waals surface area (Å²) in [5.74, 6) is -1.21. The lowest BCUT2D eigenvalue weighted by Gasteiger charge is -2.19. The van der Waals surface area contributed by atoms with Crippen molar-refractivity contribution in [1.29, 1.82) is 0 Å². The van der Waals surface area contributed by atoms with E-state index < -0.39 is 28.5 Å². The van der Waals surface area contributed by atoms with E-state index in [0.29, 0.717) is 22.0 Å². The number of nitrogens with one attached hydrogen (secondary N) is 1. The van der Waals surface area contributed by atoms with Gasteiger partial charge in [0.2, 0.25) is 0 Å². The molecule has 1 amide bonds. The number of rotatable bonds is 7. The van der Waals surface area contributed by atoms with Crippen molar-refractivity contribution >= 4 is 44.9 Å². The molecular weight excluding hydrogens is 464 g/mol. The van der Waals surface area contributed by atoms with Gasteiger partial charge in [-0.3, -0.25) is 9.10 Å². The van der Waals surface area contributed by atoms with Crippen LogP contribution in [0.4, 0.5) is 11.4 Å². The van der Waals surface area contributed by atoms with Crippen LogP contribution in [0.15, 0.2) is 71.6 Å². The van der Waals surface area contributed by atoms with E-state index in [-0.39, 0.29) is 10.5 Å². The first-order valence-corrected chi connectivity index (χ1v) is 11.8. The lowest BCUT2D eigenvalue weighted by molar-refractivity contribution is -0.119. The number of ether oxygens (including phenoxy) is 1. The van der Waals surface area contributed by atoms with Crippen LogP contribution < -0.4 is 9.62 Å². The third-order valence-corrected chi connectivity index (χ3v) is 7.23. The molecule has 7 nitrogen and oxygen atoms in total. The lowest BCUT2D eigenvalue weighted by Crippen LogP contribution is -2.26. The monoisotopic (exact) mass is 486 g/mol. The van der Waals surface area contributed by atoms with Crippen LogP contribution in [-0.2, 0) is 19.6 Å². The fourth-order valence-corrected chi connectivity index (χ4v) is 4.33. The fourth-order valence-electron chi connectivity index (χ4n) is 2.96. The third kappa shape index (κ3) is 5.71. The number of hydrogen-bond donors (Lipinski definition) is 1. The highest BCUT2D eigenvalue weighted by molar-refractivity contribution is 7.92. The van der Waals surface area contributed by atoms with Gasteiger partial charge in [0, 0.05) is 17.8 Å². The average molecular weight is 487 g/mol. The maximum Gasteiger partial charge on any atom is 0.338 e. The van der Waals surface area contributed by atoms with Crippen molar-refractivity contribution in [2.24, 2.45) is 0 Å². The molecule has 0 aromatic heterocycles. The molecule has 0 bridgehead atoms. The lowest BCUT2D eigenvalue weighted by atomic mass is 10.2. The fraction of sp³-hybridized carbons (Fsp3) is 0.167. The second-order valence-corrected chi connectivity index (χ2v) is 9.75. The SMILES string of the molecule is Cc1ccc(S(=O)(=O)N(C)c2ccc(C(=O)OCC(=O)Nc3cccc(Cl)c3C)cc2)cc1. The van der Waals surface area contributed by atoms with Gasteiger partial charge in [-0.25, -0.2) is 13.2 Å². The van der Waals surface area contributed by atoms with Crippen molar-refractivity contribution in [1.82, 2.24) is 0 Å². The molecule has 1 N–H and O–H groups in total. The normalized spacial score (nSPS) is 11.0. The molecule has 0 heterocycles. The van der Waals surface area contributed by atoms with Crippen molar-refractivity contribution in [2.45, 2.75) is 18.7 Å². The molecule has 3 aromatic carbocycles. The smallest absolute Gasteiger partial charge is 0.338 e. The Morgan fingerprint density at radius 2 is 1.61 bits per heavy atom. The Morgan fingerprint density at radius 3 is 2.24 bits per heavy atom. The van der Waals surface area contributed by atoms with E-state index in [0.717, 1.165) is 9.87 Å². The molecule has 33 heavy (non-hydrogen) atoms. The summed E-state index contributed by atoms with van der Waals surface area (Å²) in [4.78, 5) is 24.6. The van der Waals surface area contributed by atoms with Crippen LogP contribution in [0.2, 0.25) is 5.02 Å². The van der Waals surface area contributed by atoms with Gasteiger partial charge in [0.15, 0.2) is 6.61 Å². The molecule has 0 aliphatic carbocycles. The maximum atomic E-state index is 12.8. The predicted octanol–water partition coefficient (Wildman–Crippen LogP) is 4.58. The van der Waals surface area contributed by atoms with Crippen LogP contribution in [0.5, 0.6) is 0 Å². The largest absolute Gasteiger partial charge is 0.452 e. The standard InChI is InChI=1S/C24H23ClN2O5S/c1-16-7-13-20(14-8-16)33(30,31)27(3)19-11-9-18(10-12-19)24(29)32-15-23(28)26-22-6-4-5-21(25)17(22)2/h4-14H,15H2,1-3H3,(H,26,28). The van der Waals surface area contributed by atoms with Gasteiger partial charge >= 0.3 is 5.97 Å². The van der Waals surface area contributed by atoms with Gasteiger partial charge in [-0.1, -0.05) is 35.4 Å². The molecule has 0 radical (unpaired) electrons. The van der Waals surface area contributed by atoms with Crippen molar-refractivity contribution in [3.8, 4) is 0 Å². The Kier molecular flexibility index (Phi) is 7.40. The first-order valence-electron chi connectivity index (χ1n) is 9.97. The highest BCUT2D eigenvalue weighted by Crippen LogP contribution is 2.24. The van der Waals surface area contributed by atoms with Crippen molar-refractivity contribution < 1.29 is 22.7 Å². The molecule has 0 aliphatic rings. The van der Waals surface area contributed by atoms with Gasteiger partial charge in [0.1, 0.15) is 0 Å². The van der Waals surface area contributed by atoms with E-state index in [1.54, 1.807) is 49.4 Å². The minimum absolute atomic E-state index is 0.167. The summed E-state index contributed by atoms with van der Waals surface area (Å²) in [7, 11) is -2.31. The summed E-state index contributed by atoms with van der Waals surface area (Å²) in [5, 5.41) is 3.16. The highest BCUT2D eigenvalue weighted by atomic mass is 35.5. The molecule has 0 saturated carbocycles. The Bertz CT molecular complexity index is 1270. The maximum absolute atomic E-state index is 12.8. The van der Waals surface area contributed by atoms with E-state index in [2.05, 4.69) is 5.32 Å². The zero-order valence-electron chi connectivity index (χ0n) is 18.3. The number of anilines is 2. The number of aryl methyl sites for hydroxylation is 1. The van der Waals surface area contributed by atoms with Gasteiger partial charge in [0.05, 0.1) is 16.1 Å². The van der Waals surface area contributed by atoms with E-state index in [4.69, 9.17) is 16.3 Å². The Hall–Kier alpha value is -3.36. The Labute approximate surface area is 198 Å². The number of benzene rings is 3. The van der Waals surface area contributed by atoms with Crippen LogP contribution in [0.3, 0.4) is 0 Å². The number of carbonyl (C=O) groups excluding carboxylic acids is 2. The van der Waals surface area contributed by atoms with Crippen LogP contribution in [-0.4, -0.2) is 33.9 Å². The van der Waals surface area contributed by atoms with Crippen molar-refractivity contribution in [2.75, 3.05) is 23.3 Å². The van der Waals surface area contributed by atoms with E-state index in [1.165, 1.54) is 31.3 Å². The van der Waals surface area contributed by atoms with Crippen LogP contribution in [0.1, 0.15) is 21.5 Å². The van der Waals surface area contributed by atoms with Gasteiger partial charge in [0.25, 0.3) is 15.9 Å². The minimum atomic E-state index is -3.74.